The number of phosphoric acid groups is 1. The highest BCUT2D eigenvalue weighted by molar-refractivity contribution is 7.47. The Balaban J connectivity index is 3.87. The van der Waals surface area contributed by atoms with E-state index in [4.69, 9.17) is 13.8 Å². The molecule has 0 saturated carbocycles. The zero-order chi connectivity index (χ0) is 42.8. The normalized spacial score (nSPS) is 14.1. The van der Waals surface area contributed by atoms with Crippen LogP contribution in [0.15, 0.2) is 48.6 Å². The van der Waals surface area contributed by atoms with Gasteiger partial charge in [-0.05, 0) is 57.8 Å². The van der Waals surface area contributed by atoms with Crippen molar-refractivity contribution in [2.75, 3.05) is 19.8 Å². The fraction of sp³-hybridized carbons (Fsp3) is 0.761. The predicted molar refractivity (Wildman–Crippen MR) is 235 cm³/mol. The van der Waals surface area contributed by atoms with Crippen molar-refractivity contribution >= 4 is 25.7 Å². The van der Waals surface area contributed by atoms with Crippen LogP contribution in [-0.2, 0) is 32.7 Å². The number of carbonyl (C=O) groups is 3. The molecular formula is C46H82NO10P. The van der Waals surface area contributed by atoms with E-state index in [2.05, 4.69) is 67.8 Å². The number of rotatable bonds is 42. The molecule has 3 atom stereocenters. The monoisotopic (exact) mass is 840 g/mol. The van der Waals surface area contributed by atoms with Crippen molar-refractivity contribution in [2.45, 2.75) is 206 Å². The highest BCUT2D eigenvalue weighted by Crippen LogP contribution is 2.43. The zero-order valence-corrected chi connectivity index (χ0v) is 37.2. The summed E-state index contributed by atoms with van der Waals surface area (Å²) in [6.45, 7) is 2.54. The summed E-state index contributed by atoms with van der Waals surface area (Å²) in [6.07, 6.45) is 45.7. The number of aliphatic carboxylic acids is 1. The van der Waals surface area contributed by atoms with Gasteiger partial charge in [-0.15, -0.1) is 0 Å². The Kier molecular flexibility index (Phi) is 39.4. The summed E-state index contributed by atoms with van der Waals surface area (Å²) in [6, 6.07) is -1.55. The van der Waals surface area contributed by atoms with Gasteiger partial charge in [0, 0.05) is 12.8 Å². The smallest absolute Gasteiger partial charge is 0.472 e. The maximum atomic E-state index is 12.3. The first-order valence-corrected chi connectivity index (χ1v) is 24.2. The summed E-state index contributed by atoms with van der Waals surface area (Å²) in [5.41, 5.74) is 0. The van der Waals surface area contributed by atoms with Crippen LogP contribution in [0, 0.1) is 0 Å². The molecule has 0 aromatic heterocycles. The molecule has 0 fully saturated rings. The summed E-state index contributed by atoms with van der Waals surface area (Å²) in [4.78, 5) is 45.8. The Morgan fingerprint density at radius 1 is 0.552 bits per heavy atom. The number of allylic oxidation sites excluding steroid dienone is 8. The molecule has 3 unspecified atom stereocenters. The first-order chi connectivity index (χ1) is 28.1. The molecule has 0 aliphatic rings. The van der Waals surface area contributed by atoms with Crippen LogP contribution < -0.4 is 5.32 Å². The molecule has 0 aromatic carbocycles. The van der Waals surface area contributed by atoms with Gasteiger partial charge in [-0.3, -0.25) is 18.6 Å². The Morgan fingerprint density at radius 3 is 1.45 bits per heavy atom. The zero-order valence-electron chi connectivity index (χ0n) is 36.3. The quantitative estimate of drug-likeness (QED) is 0.0201. The van der Waals surface area contributed by atoms with Gasteiger partial charge in [0.05, 0.1) is 13.2 Å². The van der Waals surface area contributed by atoms with Crippen LogP contribution in [0.25, 0.3) is 0 Å². The first-order valence-electron chi connectivity index (χ1n) is 22.7. The van der Waals surface area contributed by atoms with Crippen molar-refractivity contribution in [1.29, 1.82) is 0 Å². The van der Waals surface area contributed by atoms with E-state index in [-0.39, 0.29) is 12.8 Å². The molecule has 0 bridgehead atoms. The summed E-state index contributed by atoms with van der Waals surface area (Å²) in [5.74, 6) is -2.38. The van der Waals surface area contributed by atoms with E-state index in [9.17, 15) is 34.1 Å². The van der Waals surface area contributed by atoms with E-state index in [1.807, 2.05) is 0 Å². The summed E-state index contributed by atoms with van der Waals surface area (Å²) >= 11 is 0. The number of hydrogen-bond acceptors (Lipinski definition) is 8. The second kappa shape index (κ2) is 41.2. The molecule has 336 valence electrons. The van der Waals surface area contributed by atoms with E-state index in [1.54, 1.807) is 0 Å². The number of carboxylic acids is 1. The predicted octanol–water partition coefficient (Wildman–Crippen LogP) is 11.8. The average Bonchev–Trinajstić information content (AvgIpc) is 3.20. The number of aliphatic hydroxyl groups excluding tert-OH is 1. The molecule has 0 aliphatic carbocycles. The molecule has 0 heterocycles. The molecule has 0 rings (SSSR count). The molecule has 0 saturated heterocycles. The van der Waals surface area contributed by atoms with Crippen molar-refractivity contribution in [2.24, 2.45) is 0 Å². The van der Waals surface area contributed by atoms with Crippen molar-refractivity contribution in [3.63, 3.8) is 0 Å². The lowest BCUT2D eigenvalue weighted by Gasteiger charge is -2.18. The number of ether oxygens (including phenoxy) is 1. The molecule has 1 amide bonds. The topological polar surface area (TPSA) is 169 Å². The van der Waals surface area contributed by atoms with Gasteiger partial charge < -0.3 is 25.2 Å². The SMILES string of the molecule is CCCCC/C=C\C/C=C\C/C=C\C/C=C\CCCCCCCCCC(=O)OCC(O)COP(=O)(O)OCC(NC(=O)CCCCCCCCCCCCC)C(=O)O. The van der Waals surface area contributed by atoms with Gasteiger partial charge in [0.2, 0.25) is 5.91 Å². The number of hydrogen-bond donors (Lipinski definition) is 4. The van der Waals surface area contributed by atoms with Crippen LogP contribution in [-0.4, -0.2) is 64.9 Å². The Bertz CT molecular complexity index is 1170. The minimum absolute atomic E-state index is 0.146. The number of amides is 1. The van der Waals surface area contributed by atoms with Gasteiger partial charge in [-0.25, -0.2) is 9.36 Å². The van der Waals surface area contributed by atoms with Crippen molar-refractivity contribution < 1.29 is 47.8 Å². The van der Waals surface area contributed by atoms with E-state index >= 15 is 0 Å². The molecule has 11 nitrogen and oxygen atoms in total. The van der Waals surface area contributed by atoms with Crippen LogP contribution in [0.2, 0.25) is 0 Å². The minimum atomic E-state index is -4.76. The van der Waals surface area contributed by atoms with Crippen LogP contribution >= 0.6 is 7.82 Å². The highest BCUT2D eigenvalue weighted by Gasteiger charge is 2.28. The van der Waals surface area contributed by atoms with E-state index in [0.29, 0.717) is 12.8 Å². The Hall–Kier alpha value is -2.56. The van der Waals surface area contributed by atoms with E-state index < -0.39 is 57.6 Å². The minimum Gasteiger partial charge on any atom is -0.480 e. The molecular weight excluding hydrogens is 757 g/mol. The van der Waals surface area contributed by atoms with Crippen LogP contribution in [0.5, 0.6) is 0 Å². The number of phosphoric ester groups is 1. The van der Waals surface area contributed by atoms with Gasteiger partial charge in [0.1, 0.15) is 12.7 Å². The van der Waals surface area contributed by atoms with Gasteiger partial charge in [0.15, 0.2) is 6.04 Å². The van der Waals surface area contributed by atoms with Crippen molar-refractivity contribution in [1.82, 2.24) is 5.32 Å². The summed E-state index contributed by atoms with van der Waals surface area (Å²) in [5, 5.41) is 21.8. The summed E-state index contributed by atoms with van der Waals surface area (Å²) < 4.78 is 26.8. The third-order valence-electron chi connectivity index (χ3n) is 9.62. The third-order valence-corrected chi connectivity index (χ3v) is 10.6. The molecule has 0 spiro atoms. The summed E-state index contributed by atoms with van der Waals surface area (Å²) in [7, 11) is -4.76. The van der Waals surface area contributed by atoms with E-state index in [0.717, 1.165) is 70.6 Å². The Morgan fingerprint density at radius 2 is 0.948 bits per heavy atom. The second-order valence-corrected chi connectivity index (χ2v) is 16.7. The fourth-order valence-corrected chi connectivity index (χ4v) is 6.84. The molecule has 12 heteroatoms. The molecule has 0 aliphatic heterocycles. The maximum absolute atomic E-state index is 12.3. The maximum Gasteiger partial charge on any atom is 0.472 e. The number of aliphatic hydroxyl groups is 1. The van der Waals surface area contributed by atoms with Gasteiger partial charge >= 0.3 is 19.8 Å². The van der Waals surface area contributed by atoms with Crippen LogP contribution in [0.3, 0.4) is 0 Å². The highest BCUT2D eigenvalue weighted by atomic mass is 31.2. The first kappa shape index (κ1) is 55.4. The number of carbonyl (C=O) groups excluding carboxylic acids is 2. The third kappa shape index (κ3) is 40.2. The number of nitrogens with one attached hydrogen (secondary N) is 1. The lowest BCUT2D eigenvalue weighted by molar-refractivity contribution is -0.147. The largest absolute Gasteiger partial charge is 0.480 e. The fourth-order valence-electron chi connectivity index (χ4n) is 6.06. The average molecular weight is 840 g/mol. The van der Waals surface area contributed by atoms with Crippen molar-refractivity contribution in [3.8, 4) is 0 Å². The second-order valence-electron chi connectivity index (χ2n) is 15.2. The molecule has 4 N–H and O–H groups in total. The van der Waals surface area contributed by atoms with Gasteiger partial charge in [-0.1, -0.05) is 172 Å². The van der Waals surface area contributed by atoms with Crippen molar-refractivity contribution in [3.05, 3.63) is 48.6 Å². The standard InChI is InChI=1S/C46H82NO10P/c1-3-5-7-9-11-13-15-16-17-18-19-20-21-22-23-24-25-26-28-30-32-34-36-38-45(50)55-39-42(48)40-56-58(53,54)57-41-43(46(51)52)47-44(49)37-35-33-31-29-27-14-12-10-8-6-4-2/h11,13,16-17,19-20,22-23,42-43,48H,3-10,12,14-15,18,21,24-41H2,1-2H3,(H,47,49)(H,51,52)(H,53,54)/b13-11-,17-16-,20-19-,23-22-. The van der Waals surface area contributed by atoms with E-state index in [1.165, 1.54) is 83.5 Å². The van der Waals surface area contributed by atoms with Crippen LogP contribution in [0.4, 0.5) is 0 Å². The Labute approximate surface area is 352 Å². The molecule has 58 heavy (non-hydrogen) atoms. The number of esters is 1. The molecule has 0 aromatic rings. The van der Waals surface area contributed by atoms with Gasteiger partial charge in [-0.2, -0.15) is 0 Å². The van der Waals surface area contributed by atoms with Crippen LogP contribution in [0.1, 0.15) is 194 Å². The number of unbranched alkanes of at least 4 members (excludes halogenated alkanes) is 20. The van der Waals surface area contributed by atoms with Gasteiger partial charge in [0.25, 0.3) is 0 Å². The molecule has 0 radical (unpaired) electrons. The lowest BCUT2D eigenvalue weighted by Crippen LogP contribution is -2.43. The number of carboxylic acid groups (broad SMARTS) is 1. The lowest BCUT2D eigenvalue weighted by atomic mass is 10.1.